The molecule has 1 aliphatic heterocycles. The van der Waals surface area contributed by atoms with Gasteiger partial charge in [0.15, 0.2) is 0 Å². The smallest absolute Gasteiger partial charge is 0.0780 e. The summed E-state index contributed by atoms with van der Waals surface area (Å²) in [6, 6.07) is 0. The summed E-state index contributed by atoms with van der Waals surface area (Å²) in [5.74, 6) is 0. The zero-order chi connectivity index (χ0) is 14.4. The molecule has 0 saturated carbocycles. The van der Waals surface area contributed by atoms with Crippen molar-refractivity contribution < 1.29 is 21.6 Å². The van der Waals surface area contributed by atoms with Crippen molar-refractivity contribution in [3.63, 3.8) is 0 Å². The lowest BCUT2D eigenvalue weighted by atomic mass is 10.1. The molecule has 1 heterocycles. The summed E-state index contributed by atoms with van der Waals surface area (Å²) in [6.45, 7) is 5.62. The first kappa shape index (κ1) is 22.5. The molecule has 0 aromatic carbocycles. The summed E-state index contributed by atoms with van der Waals surface area (Å²) >= 11 is 0. The molecule has 3 heteroatoms. The Kier molecular flexibility index (Phi) is 17.5. The Bertz CT molecular complexity index is 176. The fourth-order valence-corrected chi connectivity index (χ4v) is 2.07. The SMILES string of the molecule is C1CO1.CCCCCCCCCCCC[N+](C)(C)C.[Cl-]. The topological polar surface area (TPSA) is 12.5 Å². The zero-order valence-electron chi connectivity index (χ0n) is 14.4. The van der Waals surface area contributed by atoms with Gasteiger partial charge in [0.05, 0.1) is 40.9 Å². The third kappa shape index (κ3) is 26.7. The first-order valence-electron chi connectivity index (χ1n) is 8.44. The Morgan fingerprint density at radius 3 is 1.35 bits per heavy atom. The van der Waals surface area contributed by atoms with E-state index in [4.69, 9.17) is 0 Å². The molecular weight excluding hydrogens is 270 g/mol. The Labute approximate surface area is 134 Å². The number of quaternary nitrogens is 1. The van der Waals surface area contributed by atoms with Gasteiger partial charge >= 0.3 is 0 Å². The monoisotopic (exact) mass is 307 g/mol. The molecule has 1 fully saturated rings. The standard InChI is InChI=1S/C15H34N.C2H4O.ClH/c1-5-6-7-8-9-10-11-12-13-14-15-16(2,3)4;1-2-3-1;/h5-15H2,1-4H3;1-2H2;1H/q+1;;/p-1. The quantitative estimate of drug-likeness (QED) is 0.321. The molecule has 0 N–H and O–H groups in total. The molecule has 20 heavy (non-hydrogen) atoms. The molecule has 2 nitrogen and oxygen atoms in total. The second-order valence-corrected chi connectivity index (χ2v) is 6.81. The van der Waals surface area contributed by atoms with Crippen LogP contribution in [0.4, 0.5) is 0 Å². The van der Waals surface area contributed by atoms with E-state index in [0.29, 0.717) is 0 Å². The van der Waals surface area contributed by atoms with E-state index < -0.39 is 0 Å². The number of ether oxygens (including phenoxy) is 1. The Balaban J connectivity index is 0. The van der Waals surface area contributed by atoms with Gasteiger partial charge in [-0.15, -0.1) is 0 Å². The van der Waals surface area contributed by atoms with Crippen LogP contribution < -0.4 is 12.4 Å². The number of nitrogens with zero attached hydrogens (tertiary/aromatic N) is 1. The molecule has 1 rings (SSSR count). The minimum absolute atomic E-state index is 0. The molecule has 0 aromatic rings. The molecule has 124 valence electrons. The van der Waals surface area contributed by atoms with Crippen LogP contribution in [-0.4, -0.2) is 45.4 Å². The maximum Gasteiger partial charge on any atom is 0.0780 e. The van der Waals surface area contributed by atoms with Gasteiger partial charge in [0.25, 0.3) is 0 Å². The van der Waals surface area contributed by atoms with Crippen molar-refractivity contribution in [3.05, 3.63) is 0 Å². The van der Waals surface area contributed by atoms with E-state index in [1.807, 2.05) is 0 Å². The lowest BCUT2D eigenvalue weighted by molar-refractivity contribution is -0.870. The Morgan fingerprint density at radius 1 is 0.700 bits per heavy atom. The van der Waals surface area contributed by atoms with Crippen molar-refractivity contribution in [2.75, 3.05) is 40.9 Å². The fourth-order valence-electron chi connectivity index (χ4n) is 2.07. The number of epoxide rings is 1. The summed E-state index contributed by atoms with van der Waals surface area (Å²) in [4.78, 5) is 0. The molecule has 1 saturated heterocycles. The van der Waals surface area contributed by atoms with E-state index in [9.17, 15) is 0 Å². The third-order valence-electron chi connectivity index (χ3n) is 3.39. The third-order valence-corrected chi connectivity index (χ3v) is 3.39. The minimum Gasteiger partial charge on any atom is -1.00 e. The molecular formula is C17H38ClNO. The average molecular weight is 308 g/mol. The molecule has 0 atom stereocenters. The lowest BCUT2D eigenvalue weighted by Gasteiger charge is -2.23. The average Bonchev–Trinajstić information content (AvgIpc) is 3.18. The van der Waals surface area contributed by atoms with Crippen LogP contribution >= 0.6 is 0 Å². The second kappa shape index (κ2) is 15.6. The summed E-state index contributed by atoms with van der Waals surface area (Å²) in [7, 11) is 6.86. The van der Waals surface area contributed by atoms with Gasteiger partial charge in [-0.1, -0.05) is 58.3 Å². The highest BCUT2D eigenvalue weighted by molar-refractivity contribution is 4.47. The van der Waals surface area contributed by atoms with Gasteiger partial charge in [-0.05, 0) is 12.8 Å². The van der Waals surface area contributed by atoms with Crippen LogP contribution in [0, 0.1) is 0 Å². The molecule has 0 unspecified atom stereocenters. The molecule has 0 aliphatic carbocycles. The van der Waals surface area contributed by atoms with Gasteiger partial charge in [-0.25, -0.2) is 0 Å². The van der Waals surface area contributed by atoms with Crippen LogP contribution in [0.1, 0.15) is 71.1 Å². The first-order chi connectivity index (χ1) is 9.06. The highest BCUT2D eigenvalue weighted by Gasteiger charge is 2.04. The van der Waals surface area contributed by atoms with E-state index in [2.05, 4.69) is 32.8 Å². The van der Waals surface area contributed by atoms with Crippen LogP contribution in [0.2, 0.25) is 0 Å². The van der Waals surface area contributed by atoms with Gasteiger partial charge in [0.2, 0.25) is 0 Å². The molecule has 0 amide bonds. The predicted octanol–water partition coefficient (Wildman–Crippen LogP) is 1.63. The van der Waals surface area contributed by atoms with Crippen LogP contribution in [0.3, 0.4) is 0 Å². The lowest BCUT2D eigenvalue weighted by Crippen LogP contribution is -3.00. The minimum atomic E-state index is 0. The molecule has 0 spiro atoms. The number of unbranched alkanes of at least 4 members (excludes halogenated alkanes) is 9. The molecule has 0 bridgehead atoms. The largest absolute Gasteiger partial charge is 1.00 e. The molecule has 0 aromatic heterocycles. The predicted molar refractivity (Wildman–Crippen MR) is 85.6 cm³/mol. The number of halogens is 1. The van der Waals surface area contributed by atoms with Crippen molar-refractivity contribution in [1.29, 1.82) is 0 Å². The Morgan fingerprint density at radius 2 is 1.05 bits per heavy atom. The highest BCUT2D eigenvalue weighted by Crippen LogP contribution is 2.10. The maximum atomic E-state index is 4.50. The maximum absolute atomic E-state index is 4.50. The van der Waals surface area contributed by atoms with E-state index in [0.717, 1.165) is 17.7 Å². The van der Waals surface area contributed by atoms with Gasteiger partial charge < -0.3 is 21.6 Å². The first-order valence-corrected chi connectivity index (χ1v) is 8.44. The van der Waals surface area contributed by atoms with Crippen molar-refractivity contribution in [1.82, 2.24) is 0 Å². The summed E-state index contributed by atoms with van der Waals surface area (Å²) < 4.78 is 5.62. The zero-order valence-corrected chi connectivity index (χ0v) is 15.2. The van der Waals surface area contributed by atoms with Crippen molar-refractivity contribution in [3.8, 4) is 0 Å². The molecule has 0 radical (unpaired) electrons. The summed E-state index contributed by atoms with van der Waals surface area (Å²) in [5.41, 5.74) is 0. The summed E-state index contributed by atoms with van der Waals surface area (Å²) in [5, 5.41) is 0. The number of hydrogen-bond acceptors (Lipinski definition) is 1. The van der Waals surface area contributed by atoms with E-state index >= 15 is 0 Å². The van der Waals surface area contributed by atoms with Crippen LogP contribution in [0.5, 0.6) is 0 Å². The van der Waals surface area contributed by atoms with Crippen LogP contribution in [-0.2, 0) is 4.74 Å². The Hall–Kier alpha value is 0.210. The van der Waals surface area contributed by atoms with E-state index in [1.165, 1.54) is 70.8 Å². The van der Waals surface area contributed by atoms with Gasteiger partial charge in [0.1, 0.15) is 0 Å². The van der Waals surface area contributed by atoms with Crippen LogP contribution in [0.15, 0.2) is 0 Å². The normalized spacial score (nSPS) is 13.2. The van der Waals surface area contributed by atoms with Crippen molar-refractivity contribution >= 4 is 0 Å². The van der Waals surface area contributed by atoms with E-state index in [1.54, 1.807) is 0 Å². The van der Waals surface area contributed by atoms with Gasteiger partial charge in [-0.2, -0.15) is 0 Å². The van der Waals surface area contributed by atoms with Gasteiger partial charge in [-0.3, -0.25) is 0 Å². The number of rotatable bonds is 11. The van der Waals surface area contributed by atoms with Crippen molar-refractivity contribution in [2.24, 2.45) is 0 Å². The highest BCUT2D eigenvalue weighted by atomic mass is 35.5. The molecule has 1 aliphatic rings. The number of hydrogen-bond donors (Lipinski definition) is 0. The van der Waals surface area contributed by atoms with Crippen LogP contribution in [0.25, 0.3) is 0 Å². The summed E-state index contributed by atoms with van der Waals surface area (Å²) in [6.07, 6.45) is 14.4. The second-order valence-electron chi connectivity index (χ2n) is 6.81. The van der Waals surface area contributed by atoms with Crippen molar-refractivity contribution in [2.45, 2.75) is 71.1 Å². The van der Waals surface area contributed by atoms with Gasteiger partial charge in [0, 0.05) is 0 Å². The van der Waals surface area contributed by atoms with E-state index in [-0.39, 0.29) is 12.4 Å². The fraction of sp³-hybridized carbons (Fsp3) is 1.00.